The summed E-state index contributed by atoms with van der Waals surface area (Å²) in [5.74, 6) is 0. The molecule has 1 aromatic heterocycles. The summed E-state index contributed by atoms with van der Waals surface area (Å²) in [6, 6.07) is 20.0. The first-order valence-corrected chi connectivity index (χ1v) is 9.58. The van der Waals surface area contributed by atoms with Gasteiger partial charge in [0.05, 0.1) is 17.8 Å². The maximum atomic E-state index is 12.6. The summed E-state index contributed by atoms with van der Waals surface area (Å²) in [5.41, 5.74) is 3.70. The number of hydrogen-bond donors (Lipinski definition) is 2. The molecule has 0 atom stereocenters. The molecule has 2 amide bonds. The zero-order valence-corrected chi connectivity index (χ0v) is 15.7. The molecule has 0 spiro atoms. The minimum Gasteiger partial charge on any atom is -0.369 e. The Bertz CT molecular complexity index is 986. The van der Waals surface area contributed by atoms with E-state index in [0.717, 1.165) is 41.8 Å². The van der Waals surface area contributed by atoms with E-state index < -0.39 is 0 Å². The number of fused-ring (bicyclic) bond motifs is 1. The van der Waals surface area contributed by atoms with Crippen molar-refractivity contribution in [1.29, 1.82) is 5.26 Å². The second-order valence-electron chi connectivity index (χ2n) is 7.00. The summed E-state index contributed by atoms with van der Waals surface area (Å²) in [6.45, 7) is 3.38. The van der Waals surface area contributed by atoms with Crippen LogP contribution in [-0.4, -0.2) is 42.1 Å². The van der Waals surface area contributed by atoms with E-state index in [1.807, 2.05) is 47.4 Å². The van der Waals surface area contributed by atoms with Gasteiger partial charge in [-0.1, -0.05) is 30.3 Å². The van der Waals surface area contributed by atoms with Crippen LogP contribution in [0.4, 0.5) is 10.5 Å². The van der Waals surface area contributed by atoms with Crippen molar-refractivity contribution < 1.29 is 4.79 Å². The number of aromatic amines is 1. The number of benzene rings is 2. The molecule has 6 nitrogen and oxygen atoms in total. The summed E-state index contributed by atoms with van der Waals surface area (Å²) in [7, 11) is 0. The minimum absolute atomic E-state index is 0.0472. The van der Waals surface area contributed by atoms with Gasteiger partial charge in [-0.25, -0.2) is 4.79 Å². The minimum atomic E-state index is -0.0472. The molecule has 2 heterocycles. The summed E-state index contributed by atoms with van der Waals surface area (Å²) >= 11 is 0. The third kappa shape index (κ3) is 3.79. The van der Waals surface area contributed by atoms with Crippen molar-refractivity contribution in [2.24, 2.45) is 0 Å². The van der Waals surface area contributed by atoms with Crippen LogP contribution in [0, 0.1) is 11.3 Å². The van der Waals surface area contributed by atoms with Gasteiger partial charge < -0.3 is 20.1 Å². The van der Waals surface area contributed by atoms with Gasteiger partial charge >= 0.3 is 6.03 Å². The fourth-order valence-corrected chi connectivity index (χ4v) is 3.72. The average Bonchev–Trinajstić information content (AvgIpc) is 2.99. The molecule has 1 fully saturated rings. The number of hydrogen-bond acceptors (Lipinski definition) is 3. The van der Waals surface area contributed by atoms with E-state index in [2.05, 4.69) is 33.4 Å². The van der Waals surface area contributed by atoms with Crippen LogP contribution in [0.1, 0.15) is 17.7 Å². The molecular formula is C22H23N5O. The topological polar surface area (TPSA) is 75.2 Å². The zero-order valence-electron chi connectivity index (χ0n) is 15.7. The van der Waals surface area contributed by atoms with E-state index >= 15 is 0 Å². The number of carbonyl (C=O) groups is 1. The molecule has 142 valence electrons. The molecule has 0 aliphatic carbocycles. The number of nitriles is 1. The maximum Gasteiger partial charge on any atom is 0.317 e. The molecule has 0 bridgehead atoms. The van der Waals surface area contributed by atoms with Crippen molar-refractivity contribution in [3.63, 3.8) is 0 Å². The fraction of sp³-hybridized carbons (Fsp3) is 0.273. The van der Waals surface area contributed by atoms with Crippen molar-refractivity contribution in [3.05, 3.63) is 65.9 Å². The van der Waals surface area contributed by atoms with E-state index in [0.29, 0.717) is 25.2 Å². The summed E-state index contributed by atoms with van der Waals surface area (Å²) in [5, 5.41) is 13.5. The lowest BCUT2D eigenvalue weighted by atomic mass is 10.1. The van der Waals surface area contributed by atoms with Crippen molar-refractivity contribution in [1.82, 2.24) is 15.2 Å². The number of nitrogens with zero attached hydrogens (tertiary/aromatic N) is 3. The number of para-hydroxylation sites is 2. The normalized spacial score (nSPS) is 14.5. The number of H-pyrrole nitrogens is 1. The maximum absolute atomic E-state index is 12.6. The molecule has 4 rings (SSSR count). The molecule has 0 saturated carbocycles. The highest BCUT2D eigenvalue weighted by molar-refractivity contribution is 5.80. The molecule has 0 unspecified atom stereocenters. The summed E-state index contributed by atoms with van der Waals surface area (Å²) < 4.78 is 0. The standard InChI is InChI=1S/C22H23N5O/c23-15-18-7-2-4-9-21(18)26-10-5-11-27(13-12-26)22(28)24-16-19-14-17-6-1-3-8-20(17)25-19/h1-4,6-9,14,25H,5,10-13,16H2,(H,24,28). The van der Waals surface area contributed by atoms with Crippen LogP contribution in [0.2, 0.25) is 0 Å². The predicted octanol–water partition coefficient (Wildman–Crippen LogP) is 3.46. The highest BCUT2D eigenvalue weighted by Crippen LogP contribution is 2.21. The van der Waals surface area contributed by atoms with Gasteiger partial charge in [-0.05, 0) is 36.1 Å². The van der Waals surface area contributed by atoms with Crippen LogP contribution in [0.5, 0.6) is 0 Å². The van der Waals surface area contributed by atoms with Crippen LogP contribution in [0.3, 0.4) is 0 Å². The molecule has 2 N–H and O–H groups in total. The molecule has 1 saturated heterocycles. The second kappa shape index (κ2) is 8.05. The van der Waals surface area contributed by atoms with Crippen LogP contribution >= 0.6 is 0 Å². The van der Waals surface area contributed by atoms with Gasteiger partial charge in [-0.3, -0.25) is 0 Å². The third-order valence-electron chi connectivity index (χ3n) is 5.16. The van der Waals surface area contributed by atoms with Gasteiger partial charge in [-0.15, -0.1) is 0 Å². The van der Waals surface area contributed by atoms with Gasteiger partial charge in [0.1, 0.15) is 6.07 Å². The average molecular weight is 373 g/mol. The molecule has 28 heavy (non-hydrogen) atoms. The number of nitrogens with one attached hydrogen (secondary N) is 2. The van der Waals surface area contributed by atoms with E-state index in [4.69, 9.17) is 0 Å². The number of anilines is 1. The Balaban J connectivity index is 1.36. The third-order valence-corrected chi connectivity index (χ3v) is 5.16. The summed E-state index contributed by atoms with van der Waals surface area (Å²) in [4.78, 5) is 20.0. The lowest BCUT2D eigenvalue weighted by Crippen LogP contribution is -2.41. The highest BCUT2D eigenvalue weighted by atomic mass is 16.2. The quantitative estimate of drug-likeness (QED) is 0.738. The SMILES string of the molecule is N#Cc1ccccc1N1CCCN(C(=O)NCc2cc3ccccc3[nH]2)CC1. The van der Waals surface area contributed by atoms with E-state index in [-0.39, 0.29) is 6.03 Å². The molecule has 2 aromatic carbocycles. The van der Waals surface area contributed by atoms with Gasteiger partial charge in [-0.2, -0.15) is 5.26 Å². The van der Waals surface area contributed by atoms with Gasteiger partial charge in [0.25, 0.3) is 0 Å². The second-order valence-corrected chi connectivity index (χ2v) is 7.00. The van der Waals surface area contributed by atoms with E-state index in [1.165, 1.54) is 0 Å². The molecular weight excluding hydrogens is 350 g/mol. The van der Waals surface area contributed by atoms with Gasteiger partial charge in [0.15, 0.2) is 0 Å². The lowest BCUT2D eigenvalue weighted by Gasteiger charge is -2.24. The highest BCUT2D eigenvalue weighted by Gasteiger charge is 2.20. The Labute approximate surface area is 164 Å². The zero-order chi connectivity index (χ0) is 19.3. The molecule has 1 aliphatic heterocycles. The van der Waals surface area contributed by atoms with Gasteiger partial charge in [0.2, 0.25) is 0 Å². The molecule has 1 aliphatic rings. The molecule has 3 aromatic rings. The first-order valence-electron chi connectivity index (χ1n) is 9.58. The first-order chi connectivity index (χ1) is 13.7. The van der Waals surface area contributed by atoms with Crippen LogP contribution in [0.15, 0.2) is 54.6 Å². The van der Waals surface area contributed by atoms with E-state index in [9.17, 15) is 10.1 Å². The Morgan fingerprint density at radius 1 is 1.07 bits per heavy atom. The number of urea groups is 1. The molecule has 6 heteroatoms. The Kier molecular flexibility index (Phi) is 5.16. The van der Waals surface area contributed by atoms with Crippen molar-refractivity contribution in [2.75, 3.05) is 31.1 Å². The van der Waals surface area contributed by atoms with E-state index in [1.54, 1.807) is 0 Å². The summed E-state index contributed by atoms with van der Waals surface area (Å²) in [6.07, 6.45) is 0.875. The number of rotatable bonds is 3. The fourth-order valence-electron chi connectivity index (χ4n) is 3.72. The largest absolute Gasteiger partial charge is 0.369 e. The number of amides is 2. The lowest BCUT2D eigenvalue weighted by molar-refractivity contribution is 0.201. The van der Waals surface area contributed by atoms with Crippen LogP contribution in [-0.2, 0) is 6.54 Å². The van der Waals surface area contributed by atoms with Crippen LogP contribution < -0.4 is 10.2 Å². The Morgan fingerprint density at radius 2 is 1.89 bits per heavy atom. The Morgan fingerprint density at radius 3 is 2.75 bits per heavy atom. The van der Waals surface area contributed by atoms with Gasteiger partial charge in [0, 0.05) is 37.4 Å². The Hall–Kier alpha value is -3.46. The number of carbonyl (C=O) groups excluding carboxylic acids is 1. The molecule has 0 radical (unpaired) electrons. The van der Waals surface area contributed by atoms with Crippen molar-refractivity contribution >= 4 is 22.6 Å². The smallest absolute Gasteiger partial charge is 0.317 e. The predicted molar refractivity (Wildman–Crippen MR) is 110 cm³/mol. The monoisotopic (exact) mass is 373 g/mol. The first kappa shape index (κ1) is 17.9. The van der Waals surface area contributed by atoms with Crippen molar-refractivity contribution in [2.45, 2.75) is 13.0 Å². The van der Waals surface area contributed by atoms with Crippen LogP contribution in [0.25, 0.3) is 10.9 Å². The number of aromatic nitrogens is 1. The van der Waals surface area contributed by atoms with Crippen molar-refractivity contribution in [3.8, 4) is 6.07 Å².